The normalized spacial score (nSPS) is 17.9. The Kier molecular flexibility index (Phi) is 7.87. The van der Waals surface area contributed by atoms with Gasteiger partial charge >= 0.3 is 18.2 Å². The van der Waals surface area contributed by atoms with Crippen LogP contribution in [-0.2, 0) is 20.9 Å². The number of nitrogens with zero attached hydrogens (tertiary/aromatic N) is 1. The summed E-state index contributed by atoms with van der Waals surface area (Å²) in [6.45, 7) is 5.86. The van der Waals surface area contributed by atoms with Gasteiger partial charge < -0.3 is 24.8 Å². The standard InChI is InChI=1S/C21H30N2O6/c1-21(2,3)29-20(27)23-12-8-7-11-17(23)16(13-18(24)25)22-19(26)28-14-15-9-5-4-6-10-15/h4-6,9-10,16-17H,7-8,11-14H2,1-3H3,(H,22,26)(H,24,25). The first-order valence-corrected chi connectivity index (χ1v) is 9.84. The van der Waals surface area contributed by atoms with Crippen molar-refractivity contribution < 1.29 is 29.0 Å². The Morgan fingerprint density at radius 2 is 1.90 bits per heavy atom. The molecule has 1 aromatic carbocycles. The lowest BCUT2D eigenvalue weighted by molar-refractivity contribution is -0.138. The van der Waals surface area contributed by atoms with Crippen LogP contribution in [0.15, 0.2) is 30.3 Å². The maximum atomic E-state index is 12.6. The zero-order valence-corrected chi connectivity index (χ0v) is 17.2. The molecular weight excluding hydrogens is 376 g/mol. The average molecular weight is 406 g/mol. The molecule has 2 rings (SSSR count). The number of hydrogen-bond donors (Lipinski definition) is 2. The van der Waals surface area contributed by atoms with Crippen LogP contribution in [0.25, 0.3) is 0 Å². The van der Waals surface area contributed by atoms with E-state index in [-0.39, 0.29) is 13.0 Å². The van der Waals surface area contributed by atoms with Crippen LogP contribution in [0, 0.1) is 0 Å². The van der Waals surface area contributed by atoms with E-state index in [1.165, 1.54) is 4.90 Å². The van der Waals surface area contributed by atoms with E-state index in [1.807, 2.05) is 30.3 Å². The molecule has 2 amide bonds. The number of amides is 2. The van der Waals surface area contributed by atoms with Gasteiger partial charge in [-0.15, -0.1) is 0 Å². The Hall–Kier alpha value is -2.77. The Balaban J connectivity index is 2.06. The molecule has 160 valence electrons. The minimum atomic E-state index is -1.06. The van der Waals surface area contributed by atoms with E-state index in [2.05, 4.69) is 5.32 Å². The number of carboxylic acids is 1. The Bertz CT molecular complexity index is 701. The Morgan fingerprint density at radius 1 is 1.21 bits per heavy atom. The number of rotatable bonds is 6. The highest BCUT2D eigenvalue weighted by atomic mass is 16.6. The molecule has 2 unspecified atom stereocenters. The second-order valence-electron chi connectivity index (χ2n) is 8.15. The molecule has 1 fully saturated rings. The summed E-state index contributed by atoms with van der Waals surface area (Å²) < 4.78 is 10.7. The second-order valence-corrected chi connectivity index (χ2v) is 8.15. The van der Waals surface area contributed by atoms with Crippen molar-refractivity contribution in [1.29, 1.82) is 0 Å². The lowest BCUT2D eigenvalue weighted by Crippen LogP contribution is -2.57. The summed E-state index contributed by atoms with van der Waals surface area (Å²) in [5.41, 5.74) is 0.161. The fourth-order valence-corrected chi connectivity index (χ4v) is 3.31. The number of hydrogen-bond acceptors (Lipinski definition) is 5. The highest BCUT2D eigenvalue weighted by molar-refractivity contribution is 5.73. The van der Waals surface area contributed by atoms with Crippen LogP contribution in [0.5, 0.6) is 0 Å². The van der Waals surface area contributed by atoms with Crippen LogP contribution in [0.2, 0.25) is 0 Å². The zero-order chi connectivity index (χ0) is 21.4. The lowest BCUT2D eigenvalue weighted by atomic mass is 9.94. The van der Waals surface area contributed by atoms with Crippen LogP contribution in [0.1, 0.15) is 52.0 Å². The van der Waals surface area contributed by atoms with Crippen molar-refractivity contribution in [3.8, 4) is 0 Å². The van der Waals surface area contributed by atoms with Crippen molar-refractivity contribution >= 4 is 18.2 Å². The van der Waals surface area contributed by atoms with Gasteiger partial charge in [0.1, 0.15) is 12.2 Å². The SMILES string of the molecule is CC(C)(C)OC(=O)N1CCCCC1C(CC(=O)O)NC(=O)OCc1ccccc1. The highest BCUT2D eigenvalue weighted by Crippen LogP contribution is 2.24. The topological polar surface area (TPSA) is 105 Å². The molecule has 0 radical (unpaired) electrons. The molecule has 1 aromatic rings. The molecule has 1 aliphatic rings. The summed E-state index contributed by atoms with van der Waals surface area (Å²) in [7, 11) is 0. The minimum absolute atomic E-state index is 0.0763. The number of nitrogens with one attached hydrogen (secondary N) is 1. The molecule has 2 N–H and O–H groups in total. The number of benzene rings is 1. The lowest BCUT2D eigenvalue weighted by Gasteiger charge is -2.40. The van der Waals surface area contributed by atoms with Crippen LogP contribution < -0.4 is 5.32 Å². The van der Waals surface area contributed by atoms with Gasteiger partial charge in [0, 0.05) is 6.54 Å². The van der Waals surface area contributed by atoms with Crippen molar-refractivity contribution in [2.75, 3.05) is 6.54 Å². The molecule has 8 heteroatoms. The smallest absolute Gasteiger partial charge is 0.410 e. The maximum Gasteiger partial charge on any atom is 0.410 e. The van der Waals surface area contributed by atoms with E-state index in [1.54, 1.807) is 20.8 Å². The number of aliphatic carboxylic acids is 1. The maximum absolute atomic E-state index is 12.6. The molecule has 1 aliphatic heterocycles. The summed E-state index contributed by atoms with van der Waals surface area (Å²) in [6, 6.07) is 7.94. The van der Waals surface area contributed by atoms with E-state index in [9.17, 15) is 19.5 Å². The number of ether oxygens (including phenoxy) is 2. The molecule has 8 nitrogen and oxygen atoms in total. The fourth-order valence-electron chi connectivity index (χ4n) is 3.31. The second kappa shape index (κ2) is 10.1. The van der Waals surface area contributed by atoms with E-state index >= 15 is 0 Å². The van der Waals surface area contributed by atoms with Gasteiger partial charge in [-0.3, -0.25) is 4.79 Å². The fraction of sp³-hybridized carbons (Fsp3) is 0.571. The molecule has 2 atom stereocenters. The van der Waals surface area contributed by atoms with Gasteiger partial charge in [-0.25, -0.2) is 9.59 Å². The molecule has 1 saturated heterocycles. The zero-order valence-electron chi connectivity index (χ0n) is 17.2. The molecule has 0 bridgehead atoms. The molecular formula is C21H30N2O6. The third kappa shape index (κ3) is 7.63. The third-order valence-electron chi connectivity index (χ3n) is 4.55. The number of alkyl carbamates (subject to hydrolysis) is 1. The summed E-state index contributed by atoms with van der Waals surface area (Å²) in [4.78, 5) is 37.8. The highest BCUT2D eigenvalue weighted by Gasteiger charge is 2.37. The molecule has 1 heterocycles. The van der Waals surface area contributed by atoms with E-state index in [0.717, 1.165) is 18.4 Å². The summed E-state index contributed by atoms with van der Waals surface area (Å²) >= 11 is 0. The van der Waals surface area contributed by atoms with Gasteiger partial charge in [0.2, 0.25) is 0 Å². The third-order valence-corrected chi connectivity index (χ3v) is 4.55. The monoisotopic (exact) mass is 406 g/mol. The number of carbonyl (C=O) groups is 3. The Labute approximate surface area is 171 Å². The van der Waals surface area contributed by atoms with Crippen molar-refractivity contribution in [3.05, 3.63) is 35.9 Å². The summed E-state index contributed by atoms with van der Waals surface area (Å²) in [5, 5.41) is 12.0. The van der Waals surface area contributed by atoms with Crippen molar-refractivity contribution in [2.45, 2.75) is 70.7 Å². The van der Waals surface area contributed by atoms with Crippen molar-refractivity contribution in [3.63, 3.8) is 0 Å². The predicted octanol–water partition coefficient (Wildman–Crippen LogP) is 3.55. The molecule has 29 heavy (non-hydrogen) atoms. The number of carboxylic acid groups (broad SMARTS) is 1. The largest absolute Gasteiger partial charge is 0.481 e. The van der Waals surface area contributed by atoms with E-state index in [0.29, 0.717) is 13.0 Å². The average Bonchev–Trinajstić information content (AvgIpc) is 2.65. The number of piperidine rings is 1. The summed E-state index contributed by atoms with van der Waals surface area (Å²) in [5.74, 6) is -1.06. The first-order valence-electron chi connectivity index (χ1n) is 9.84. The molecule has 0 spiro atoms. The van der Waals surface area contributed by atoms with Gasteiger partial charge in [-0.05, 0) is 45.6 Å². The van der Waals surface area contributed by atoms with Gasteiger partial charge in [-0.2, -0.15) is 0 Å². The molecule has 0 aliphatic carbocycles. The number of carbonyl (C=O) groups excluding carboxylic acids is 2. The van der Waals surface area contributed by atoms with Gasteiger partial charge in [-0.1, -0.05) is 30.3 Å². The van der Waals surface area contributed by atoms with Crippen LogP contribution in [0.4, 0.5) is 9.59 Å². The van der Waals surface area contributed by atoms with Crippen molar-refractivity contribution in [1.82, 2.24) is 10.2 Å². The van der Waals surface area contributed by atoms with Gasteiger partial charge in [0.15, 0.2) is 0 Å². The Morgan fingerprint density at radius 3 is 2.52 bits per heavy atom. The molecule has 0 saturated carbocycles. The number of likely N-dealkylation sites (tertiary alicyclic amines) is 1. The quantitative estimate of drug-likeness (QED) is 0.749. The van der Waals surface area contributed by atoms with E-state index in [4.69, 9.17) is 9.47 Å². The van der Waals surface area contributed by atoms with Gasteiger partial charge in [0.05, 0.1) is 18.5 Å². The summed E-state index contributed by atoms with van der Waals surface area (Å²) in [6.07, 6.45) is 0.682. The van der Waals surface area contributed by atoms with Crippen molar-refractivity contribution in [2.24, 2.45) is 0 Å². The van der Waals surface area contributed by atoms with Crippen LogP contribution in [0.3, 0.4) is 0 Å². The first kappa shape index (κ1) is 22.5. The first-order chi connectivity index (χ1) is 13.7. The van der Waals surface area contributed by atoms with Crippen LogP contribution >= 0.6 is 0 Å². The minimum Gasteiger partial charge on any atom is -0.481 e. The van der Waals surface area contributed by atoms with E-state index < -0.39 is 35.8 Å². The predicted molar refractivity (Wildman–Crippen MR) is 106 cm³/mol. The van der Waals surface area contributed by atoms with Gasteiger partial charge in [0.25, 0.3) is 0 Å². The van der Waals surface area contributed by atoms with Crippen LogP contribution in [-0.4, -0.2) is 52.4 Å². The molecule has 0 aromatic heterocycles.